The van der Waals surface area contributed by atoms with Gasteiger partial charge in [-0.1, -0.05) is 73.9 Å². The van der Waals surface area contributed by atoms with Crippen LogP contribution in [0.3, 0.4) is 0 Å². The SMILES string of the molecule is Clc1ccc(C2CC3CCC2N3CCCCCCCCCCN2C3CCC2C(c2ccc(Cl)nc2)C3)cn1. The number of aromatic nitrogens is 2. The fourth-order valence-electron chi connectivity index (χ4n) is 8.48. The fraction of sp³-hybridized carbons (Fsp3) is 0.688. The Morgan fingerprint density at radius 3 is 1.39 bits per heavy atom. The second-order valence-corrected chi connectivity index (χ2v) is 13.2. The highest BCUT2D eigenvalue weighted by molar-refractivity contribution is 6.29. The van der Waals surface area contributed by atoms with Crippen LogP contribution >= 0.6 is 23.2 Å². The maximum atomic E-state index is 6.01. The highest BCUT2D eigenvalue weighted by Gasteiger charge is 2.47. The second kappa shape index (κ2) is 12.5. The summed E-state index contributed by atoms with van der Waals surface area (Å²) in [5.41, 5.74) is 2.78. The lowest BCUT2D eigenvalue weighted by molar-refractivity contribution is 0.240. The van der Waals surface area contributed by atoms with E-state index in [1.165, 1.54) is 114 Å². The van der Waals surface area contributed by atoms with Gasteiger partial charge >= 0.3 is 0 Å². The van der Waals surface area contributed by atoms with Gasteiger partial charge in [-0.05, 0) is 87.7 Å². The maximum absolute atomic E-state index is 6.01. The molecule has 4 aliphatic heterocycles. The van der Waals surface area contributed by atoms with Crippen LogP contribution in [0.25, 0.3) is 0 Å². The molecule has 206 valence electrons. The molecule has 6 rings (SSSR count). The third kappa shape index (κ3) is 5.94. The third-order valence-electron chi connectivity index (χ3n) is 10.3. The summed E-state index contributed by atoms with van der Waals surface area (Å²) >= 11 is 12.0. The minimum atomic E-state index is 0.605. The van der Waals surface area contributed by atoms with Crippen LogP contribution in [0.1, 0.15) is 113 Å². The summed E-state index contributed by atoms with van der Waals surface area (Å²) in [6, 6.07) is 11.4. The molecule has 6 unspecified atom stereocenters. The van der Waals surface area contributed by atoms with Crippen LogP contribution in [0.4, 0.5) is 0 Å². The minimum absolute atomic E-state index is 0.605. The quantitative estimate of drug-likeness (QED) is 0.184. The van der Waals surface area contributed by atoms with Gasteiger partial charge in [-0.2, -0.15) is 0 Å². The Labute approximate surface area is 239 Å². The lowest BCUT2D eigenvalue weighted by Crippen LogP contribution is -2.31. The first-order valence-electron chi connectivity index (χ1n) is 15.4. The molecule has 4 bridgehead atoms. The molecular formula is C32H44Cl2N4. The van der Waals surface area contributed by atoms with E-state index >= 15 is 0 Å². The smallest absolute Gasteiger partial charge is 0.129 e. The molecule has 4 fully saturated rings. The van der Waals surface area contributed by atoms with Crippen LogP contribution in [0.15, 0.2) is 36.7 Å². The first-order valence-corrected chi connectivity index (χ1v) is 16.2. The highest BCUT2D eigenvalue weighted by atomic mass is 35.5. The van der Waals surface area contributed by atoms with Crippen LogP contribution in [0.2, 0.25) is 10.3 Å². The van der Waals surface area contributed by atoms with Crippen LogP contribution in [0.5, 0.6) is 0 Å². The van der Waals surface area contributed by atoms with Crippen LogP contribution in [-0.4, -0.2) is 57.0 Å². The predicted molar refractivity (Wildman–Crippen MR) is 157 cm³/mol. The van der Waals surface area contributed by atoms with Crippen molar-refractivity contribution in [3.8, 4) is 0 Å². The largest absolute Gasteiger partial charge is 0.297 e. The summed E-state index contributed by atoms with van der Waals surface area (Å²) in [5, 5.41) is 1.21. The van der Waals surface area contributed by atoms with E-state index in [0.717, 1.165) is 24.2 Å². The molecule has 2 aromatic heterocycles. The molecule has 0 saturated carbocycles. The van der Waals surface area contributed by atoms with Gasteiger partial charge in [-0.15, -0.1) is 0 Å². The number of hydrogen-bond acceptors (Lipinski definition) is 4. The lowest BCUT2D eigenvalue weighted by atomic mass is 9.85. The molecule has 0 N–H and O–H groups in total. The lowest BCUT2D eigenvalue weighted by Gasteiger charge is -2.24. The first kappa shape index (κ1) is 27.0. The average molecular weight is 556 g/mol. The van der Waals surface area contributed by atoms with Crippen molar-refractivity contribution in [2.75, 3.05) is 13.1 Å². The molecule has 6 heteroatoms. The molecule has 4 aliphatic rings. The monoisotopic (exact) mass is 554 g/mol. The third-order valence-corrected chi connectivity index (χ3v) is 10.7. The molecule has 0 amide bonds. The van der Waals surface area contributed by atoms with Gasteiger partial charge < -0.3 is 0 Å². The van der Waals surface area contributed by atoms with Gasteiger partial charge in [-0.25, -0.2) is 9.97 Å². The maximum Gasteiger partial charge on any atom is 0.129 e. The van der Waals surface area contributed by atoms with Crippen molar-refractivity contribution >= 4 is 23.2 Å². The van der Waals surface area contributed by atoms with E-state index in [4.69, 9.17) is 23.2 Å². The minimum Gasteiger partial charge on any atom is -0.297 e. The van der Waals surface area contributed by atoms with Crippen LogP contribution in [0, 0.1) is 0 Å². The molecule has 4 saturated heterocycles. The number of pyridine rings is 2. The Bertz CT molecular complexity index is 945. The van der Waals surface area contributed by atoms with E-state index in [0.29, 0.717) is 22.1 Å². The summed E-state index contributed by atoms with van der Waals surface area (Å²) in [5.74, 6) is 1.32. The van der Waals surface area contributed by atoms with E-state index in [-0.39, 0.29) is 0 Å². The van der Waals surface area contributed by atoms with E-state index < -0.39 is 0 Å². The molecule has 0 aliphatic carbocycles. The van der Waals surface area contributed by atoms with Crippen molar-refractivity contribution in [3.63, 3.8) is 0 Å². The first-order chi connectivity index (χ1) is 18.7. The van der Waals surface area contributed by atoms with Crippen molar-refractivity contribution in [2.24, 2.45) is 0 Å². The van der Waals surface area contributed by atoms with Crippen LogP contribution in [-0.2, 0) is 0 Å². The number of fused-ring (bicyclic) bond motifs is 4. The Morgan fingerprint density at radius 1 is 0.579 bits per heavy atom. The molecule has 4 nitrogen and oxygen atoms in total. The van der Waals surface area contributed by atoms with Gasteiger partial charge in [0.05, 0.1) is 0 Å². The van der Waals surface area contributed by atoms with E-state index in [9.17, 15) is 0 Å². The van der Waals surface area contributed by atoms with Crippen molar-refractivity contribution in [2.45, 2.75) is 126 Å². The average Bonchev–Trinajstić information content (AvgIpc) is 3.70. The van der Waals surface area contributed by atoms with Crippen molar-refractivity contribution in [1.82, 2.24) is 19.8 Å². The van der Waals surface area contributed by atoms with Gasteiger partial charge in [0.15, 0.2) is 0 Å². The molecule has 6 atom stereocenters. The van der Waals surface area contributed by atoms with Gasteiger partial charge in [0.1, 0.15) is 10.3 Å². The van der Waals surface area contributed by atoms with Crippen LogP contribution < -0.4 is 0 Å². The zero-order chi connectivity index (χ0) is 25.9. The van der Waals surface area contributed by atoms with Crippen molar-refractivity contribution < 1.29 is 0 Å². The standard InChI is InChI=1S/C32H44Cl2N4/c33-31-15-9-23(21-35-31)27-19-25-11-13-29(27)37(25)17-7-5-3-1-2-4-6-8-18-38-26-12-14-30(38)28(20-26)24-10-16-32(34)36-22-24/h9-10,15-16,21-22,25-30H,1-8,11-14,17-20H2. The number of halogens is 2. The number of nitrogens with zero attached hydrogens (tertiary/aromatic N) is 4. The molecule has 0 radical (unpaired) electrons. The summed E-state index contributed by atoms with van der Waals surface area (Å²) in [6.07, 6.45) is 23.3. The topological polar surface area (TPSA) is 32.3 Å². The molecule has 0 spiro atoms. The Morgan fingerprint density at radius 2 is 1.00 bits per heavy atom. The summed E-state index contributed by atoms with van der Waals surface area (Å²) < 4.78 is 0. The van der Waals surface area contributed by atoms with E-state index in [2.05, 4.69) is 31.9 Å². The molecule has 38 heavy (non-hydrogen) atoms. The van der Waals surface area contributed by atoms with Crippen molar-refractivity contribution in [3.05, 3.63) is 58.1 Å². The van der Waals surface area contributed by atoms with Gasteiger partial charge in [0.25, 0.3) is 0 Å². The molecule has 2 aromatic rings. The van der Waals surface area contributed by atoms with Crippen molar-refractivity contribution in [1.29, 1.82) is 0 Å². The number of unbranched alkanes of at least 4 members (excludes halogenated alkanes) is 7. The molecule has 6 heterocycles. The summed E-state index contributed by atoms with van der Waals surface area (Å²) in [6.45, 7) is 2.58. The number of rotatable bonds is 13. The Hall–Kier alpha value is -1.20. The number of hydrogen-bond donors (Lipinski definition) is 0. The Balaban J connectivity index is 0.821. The normalized spacial score (nSPS) is 30.6. The summed E-state index contributed by atoms with van der Waals surface area (Å²) in [7, 11) is 0. The second-order valence-electron chi connectivity index (χ2n) is 12.4. The zero-order valence-corrected chi connectivity index (χ0v) is 24.3. The zero-order valence-electron chi connectivity index (χ0n) is 22.8. The molecular weight excluding hydrogens is 511 g/mol. The fourth-order valence-corrected chi connectivity index (χ4v) is 8.70. The van der Waals surface area contributed by atoms with Gasteiger partial charge in [0, 0.05) is 48.4 Å². The Kier molecular flexibility index (Phi) is 8.91. The predicted octanol–water partition coefficient (Wildman–Crippen LogP) is 8.25. The van der Waals surface area contributed by atoms with E-state index in [1.54, 1.807) is 0 Å². The van der Waals surface area contributed by atoms with E-state index in [1.807, 2.05) is 24.5 Å². The van der Waals surface area contributed by atoms with Gasteiger partial charge in [-0.3, -0.25) is 9.80 Å². The highest BCUT2D eigenvalue weighted by Crippen LogP contribution is 2.48. The van der Waals surface area contributed by atoms with Gasteiger partial charge in [0.2, 0.25) is 0 Å². The molecule has 0 aromatic carbocycles. The summed E-state index contributed by atoms with van der Waals surface area (Å²) in [4.78, 5) is 14.3.